The van der Waals surface area contributed by atoms with Crippen LogP contribution in [0.3, 0.4) is 0 Å². The number of nitrogens with two attached hydrogens (primary N) is 1. The third kappa shape index (κ3) is 3.85. The predicted octanol–water partition coefficient (Wildman–Crippen LogP) is 3.20. The summed E-state index contributed by atoms with van der Waals surface area (Å²) in [6, 6.07) is 9.85. The Kier molecular flexibility index (Phi) is 4.40. The summed E-state index contributed by atoms with van der Waals surface area (Å²) in [7, 11) is 0. The number of aromatic nitrogens is 1. The van der Waals surface area contributed by atoms with Gasteiger partial charge in [-0.3, -0.25) is 0 Å². The predicted molar refractivity (Wildman–Crippen MR) is 78.1 cm³/mol. The van der Waals surface area contributed by atoms with Crippen LogP contribution in [0, 0.1) is 5.82 Å². The van der Waals surface area contributed by atoms with E-state index >= 15 is 0 Å². The number of rotatable bonds is 5. The molecule has 0 unspecified atom stereocenters. The van der Waals surface area contributed by atoms with Gasteiger partial charge >= 0.3 is 0 Å². The maximum Gasteiger partial charge on any atom is 0.239 e. The third-order valence-electron chi connectivity index (χ3n) is 2.62. The lowest BCUT2D eigenvalue weighted by Crippen LogP contribution is -2.10. The van der Waals surface area contributed by atoms with E-state index < -0.39 is 0 Å². The van der Waals surface area contributed by atoms with Gasteiger partial charge in [-0.2, -0.15) is 4.98 Å². The summed E-state index contributed by atoms with van der Waals surface area (Å²) in [6.07, 6.45) is 0.0112. The molecule has 106 valence electrons. The second-order valence-corrected chi connectivity index (χ2v) is 4.74. The van der Waals surface area contributed by atoms with Crippen molar-refractivity contribution in [3.8, 4) is 5.88 Å². The van der Waals surface area contributed by atoms with E-state index in [9.17, 15) is 4.39 Å². The number of benzene rings is 1. The molecule has 1 aromatic heterocycles. The summed E-state index contributed by atoms with van der Waals surface area (Å²) in [6.45, 7) is 4.39. The van der Waals surface area contributed by atoms with E-state index in [1.54, 1.807) is 24.3 Å². The Morgan fingerprint density at radius 1 is 1.20 bits per heavy atom. The lowest BCUT2D eigenvalue weighted by molar-refractivity contribution is 0.234. The fraction of sp³-hybridized carbons (Fsp3) is 0.267. The van der Waals surface area contributed by atoms with E-state index in [1.807, 2.05) is 13.8 Å². The fourth-order valence-electron chi connectivity index (χ4n) is 1.66. The van der Waals surface area contributed by atoms with Crippen LogP contribution in [0.15, 0.2) is 36.4 Å². The second-order valence-electron chi connectivity index (χ2n) is 4.74. The maximum absolute atomic E-state index is 12.8. The van der Waals surface area contributed by atoms with Crippen molar-refractivity contribution in [3.63, 3.8) is 0 Å². The molecule has 5 heteroatoms. The Bertz CT molecular complexity index is 570. The van der Waals surface area contributed by atoms with Crippen LogP contribution >= 0.6 is 0 Å². The lowest BCUT2D eigenvalue weighted by atomic mass is 10.2. The van der Waals surface area contributed by atoms with E-state index in [2.05, 4.69) is 10.3 Å². The molecule has 0 spiro atoms. The minimum absolute atomic E-state index is 0.0112. The molecular formula is C15H18FN3O. The molecule has 4 nitrogen and oxygen atoms in total. The first-order valence-corrected chi connectivity index (χ1v) is 6.46. The van der Waals surface area contributed by atoms with Crippen LogP contribution in [0.5, 0.6) is 5.88 Å². The molecule has 2 aromatic rings. The van der Waals surface area contributed by atoms with E-state index in [4.69, 9.17) is 10.5 Å². The third-order valence-corrected chi connectivity index (χ3v) is 2.62. The molecule has 0 radical (unpaired) electrons. The minimum atomic E-state index is -0.244. The monoisotopic (exact) mass is 275 g/mol. The Morgan fingerprint density at radius 2 is 1.90 bits per heavy atom. The molecule has 3 N–H and O–H groups in total. The average molecular weight is 275 g/mol. The van der Waals surface area contributed by atoms with Crippen molar-refractivity contribution >= 4 is 11.5 Å². The van der Waals surface area contributed by atoms with Crippen molar-refractivity contribution < 1.29 is 9.13 Å². The summed E-state index contributed by atoms with van der Waals surface area (Å²) >= 11 is 0. The van der Waals surface area contributed by atoms with Gasteiger partial charge in [-0.15, -0.1) is 0 Å². The van der Waals surface area contributed by atoms with Gasteiger partial charge in [0, 0.05) is 6.54 Å². The number of nitrogen functional groups attached to an aromatic ring is 1. The highest BCUT2D eigenvalue weighted by Crippen LogP contribution is 2.22. The number of anilines is 2. The van der Waals surface area contributed by atoms with Crippen molar-refractivity contribution in [3.05, 3.63) is 47.8 Å². The molecule has 0 saturated carbocycles. The summed E-state index contributed by atoms with van der Waals surface area (Å²) in [5, 5.41) is 3.15. The molecule has 20 heavy (non-hydrogen) atoms. The van der Waals surface area contributed by atoms with E-state index in [0.29, 0.717) is 23.9 Å². The molecule has 0 amide bonds. The van der Waals surface area contributed by atoms with Gasteiger partial charge in [-0.1, -0.05) is 12.1 Å². The number of hydrogen-bond donors (Lipinski definition) is 2. The summed E-state index contributed by atoms with van der Waals surface area (Å²) < 4.78 is 18.3. The Hall–Kier alpha value is -2.30. The molecule has 0 aliphatic carbocycles. The number of pyridine rings is 1. The zero-order chi connectivity index (χ0) is 14.5. The molecule has 0 atom stereocenters. The van der Waals surface area contributed by atoms with Crippen LogP contribution in [0.25, 0.3) is 0 Å². The van der Waals surface area contributed by atoms with Crippen molar-refractivity contribution in [2.75, 3.05) is 11.1 Å². The van der Waals surface area contributed by atoms with Gasteiger partial charge in [0.25, 0.3) is 0 Å². The molecule has 1 heterocycles. The van der Waals surface area contributed by atoms with Crippen LogP contribution < -0.4 is 15.8 Å². The first-order valence-electron chi connectivity index (χ1n) is 6.46. The molecule has 2 rings (SSSR count). The highest BCUT2D eigenvalue weighted by molar-refractivity contribution is 5.53. The van der Waals surface area contributed by atoms with Crippen LogP contribution in [0.1, 0.15) is 19.4 Å². The minimum Gasteiger partial charge on any atom is -0.473 e. The topological polar surface area (TPSA) is 60.2 Å². The SMILES string of the molecule is CC(C)Oc1nc(NCc2ccc(F)cc2)ccc1N. The molecule has 0 aliphatic heterocycles. The first-order chi connectivity index (χ1) is 9.54. The second kappa shape index (κ2) is 6.23. The number of halogens is 1. The Balaban J connectivity index is 2.04. The van der Waals surface area contributed by atoms with Crippen molar-refractivity contribution in [1.82, 2.24) is 4.98 Å². The average Bonchev–Trinajstić information content (AvgIpc) is 2.41. The summed E-state index contributed by atoms with van der Waals surface area (Å²) in [5.74, 6) is 0.843. The van der Waals surface area contributed by atoms with Gasteiger partial charge in [-0.05, 0) is 43.7 Å². The number of ether oxygens (including phenoxy) is 1. The van der Waals surface area contributed by atoms with Gasteiger partial charge in [0.2, 0.25) is 5.88 Å². The molecule has 0 bridgehead atoms. The number of nitrogens with zero attached hydrogens (tertiary/aromatic N) is 1. The molecule has 1 aromatic carbocycles. The van der Waals surface area contributed by atoms with Crippen molar-refractivity contribution in [2.24, 2.45) is 0 Å². The first kappa shape index (κ1) is 14.1. The summed E-state index contributed by atoms with van der Waals surface area (Å²) in [4.78, 5) is 4.31. The smallest absolute Gasteiger partial charge is 0.239 e. The van der Waals surface area contributed by atoms with Crippen molar-refractivity contribution in [1.29, 1.82) is 0 Å². The van der Waals surface area contributed by atoms with Gasteiger partial charge in [-0.25, -0.2) is 4.39 Å². The van der Waals surface area contributed by atoms with Gasteiger partial charge < -0.3 is 15.8 Å². The molecule has 0 fully saturated rings. The van der Waals surface area contributed by atoms with E-state index in [1.165, 1.54) is 12.1 Å². The number of hydrogen-bond acceptors (Lipinski definition) is 4. The van der Waals surface area contributed by atoms with Gasteiger partial charge in [0.15, 0.2) is 0 Å². The largest absolute Gasteiger partial charge is 0.473 e. The highest BCUT2D eigenvalue weighted by atomic mass is 19.1. The zero-order valence-corrected chi connectivity index (χ0v) is 11.6. The quantitative estimate of drug-likeness (QED) is 0.879. The fourth-order valence-corrected chi connectivity index (χ4v) is 1.66. The standard InChI is InChI=1S/C15H18FN3O/c1-10(2)20-15-13(17)7-8-14(19-15)18-9-11-3-5-12(16)6-4-11/h3-8,10H,9,17H2,1-2H3,(H,18,19). The van der Waals surface area contributed by atoms with E-state index in [-0.39, 0.29) is 11.9 Å². The van der Waals surface area contributed by atoms with Gasteiger partial charge in [0.1, 0.15) is 11.6 Å². The van der Waals surface area contributed by atoms with Crippen LogP contribution in [-0.4, -0.2) is 11.1 Å². The van der Waals surface area contributed by atoms with Crippen molar-refractivity contribution in [2.45, 2.75) is 26.5 Å². The molecular weight excluding hydrogens is 257 g/mol. The normalized spacial score (nSPS) is 10.6. The van der Waals surface area contributed by atoms with Crippen LogP contribution in [0.4, 0.5) is 15.9 Å². The summed E-state index contributed by atoms with van der Waals surface area (Å²) in [5.41, 5.74) is 7.28. The Labute approximate surface area is 117 Å². The highest BCUT2D eigenvalue weighted by Gasteiger charge is 2.06. The van der Waals surface area contributed by atoms with Crippen LogP contribution in [-0.2, 0) is 6.54 Å². The van der Waals surface area contributed by atoms with E-state index in [0.717, 1.165) is 5.56 Å². The number of nitrogens with one attached hydrogen (secondary N) is 1. The molecule has 0 saturated heterocycles. The zero-order valence-electron chi connectivity index (χ0n) is 11.6. The lowest BCUT2D eigenvalue weighted by Gasteiger charge is -2.13. The van der Waals surface area contributed by atoms with Crippen LogP contribution in [0.2, 0.25) is 0 Å². The maximum atomic E-state index is 12.8. The molecule has 0 aliphatic rings. The Morgan fingerprint density at radius 3 is 2.55 bits per heavy atom. The van der Waals surface area contributed by atoms with Gasteiger partial charge in [0.05, 0.1) is 11.8 Å².